The highest BCUT2D eigenvalue weighted by Gasteiger charge is 2.51. The zero-order valence-corrected chi connectivity index (χ0v) is 23.2. The van der Waals surface area contributed by atoms with Gasteiger partial charge in [0.15, 0.2) is 23.3 Å². The summed E-state index contributed by atoms with van der Waals surface area (Å²) in [5.74, 6) is -1.85. The van der Waals surface area contributed by atoms with Crippen LogP contribution in [0.3, 0.4) is 0 Å². The van der Waals surface area contributed by atoms with Crippen LogP contribution in [0.5, 0.6) is 0 Å². The second-order valence-electron chi connectivity index (χ2n) is 9.58. The average Bonchev–Trinajstić information content (AvgIpc) is 3.72. The molecule has 1 saturated heterocycles. The maximum absolute atomic E-state index is 13.3. The number of carbonyl (C=O) groups excluding carboxylic acids is 3. The fraction of sp³-hybridized carbons (Fsp3) is 0.194. The van der Waals surface area contributed by atoms with Crippen molar-refractivity contribution in [3.8, 4) is 0 Å². The molecule has 4 atom stereocenters. The number of carbonyl (C=O) groups is 3. The molecule has 0 unspecified atom stereocenters. The Hall–Kier alpha value is -4.87. The van der Waals surface area contributed by atoms with Gasteiger partial charge in [0.05, 0.1) is 28.7 Å². The largest absolute Gasteiger partial charge is 0.459 e. The van der Waals surface area contributed by atoms with Gasteiger partial charge in [-0.05, 0) is 54.9 Å². The third-order valence-electron chi connectivity index (χ3n) is 6.82. The standard InChI is InChI=1S/C31H25N3O7S/c1-19-24-27(42-33-19)32-18-34(24)28-26(41-31(37)22-15-9-4-10-16-22)25(40-30(36)21-13-7-3-8-14-21)23(39-28)17-38-29(35)20-11-5-2-6-12-20/h2-16,18,23,25-26,28H,17H2,1H3/t23-,25-,26-,28-/m1/s1. The monoisotopic (exact) mass is 583 g/mol. The first-order chi connectivity index (χ1) is 20.5. The van der Waals surface area contributed by atoms with Gasteiger partial charge in [-0.3, -0.25) is 4.57 Å². The Morgan fingerprint density at radius 2 is 1.31 bits per heavy atom. The number of benzene rings is 3. The van der Waals surface area contributed by atoms with Gasteiger partial charge in [-0.15, -0.1) is 0 Å². The lowest BCUT2D eigenvalue weighted by Gasteiger charge is -2.25. The van der Waals surface area contributed by atoms with E-state index in [2.05, 4.69) is 9.36 Å². The van der Waals surface area contributed by atoms with E-state index < -0.39 is 42.4 Å². The molecule has 0 N–H and O–H groups in total. The molecule has 10 nitrogen and oxygen atoms in total. The second kappa shape index (κ2) is 11.9. The van der Waals surface area contributed by atoms with E-state index in [0.717, 1.165) is 0 Å². The van der Waals surface area contributed by atoms with E-state index in [4.69, 9.17) is 18.9 Å². The summed E-state index contributed by atoms with van der Waals surface area (Å²) in [6, 6.07) is 25.4. The van der Waals surface area contributed by atoms with Crippen molar-refractivity contribution in [2.45, 2.75) is 31.5 Å². The number of aromatic nitrogens is 3. The van der Waals surface area contributed by atoms with E-state index in [1.807, 2.05) is 6.92 Å². The summed E-state index contributed by atoms with van der Waals surface area (Å²) in [6.45, 7) is 1.57. The zero-order chi connectivity index (χ0) is 29.1. The van der Waals surface area contributed by atoms with Crippen LogP contribution < -0.4 is 0 Å². The van der Waals surface area contributed by atoms with Crippen molar-refractivity contribution < 1.29 is 33.3 Å². The maximum atomic E-state index is 13.3. The summed E-state index contributed by atoms with van der Waals surface area (Å²) in [7, 11) is 0. The minimum absolute atomic E-state index is 0.269. The van der Waals surface area contributed by atoms with Crippen molar-refractivity contribution in [1.82, 2.24) is 13.9 Å². The van der Waals surface area contributed by atoms with Crippen LogP contribution in [0.4, 0.5) is 0 Å². The molecule has 0 bridgehead atoms. The van der Waals surface area contributed by atoms with E-state index in [9.17, 15) is 14.4 Å². The van der Waals surface area contributed by atoms with Crippen molar-refractivity contribution in [3.05, 3.63) is 120 Å². The van der Waals surface area contributed by atoms with Crippen LogP contribution in [0.25, 0.3) is 10.3 Å². The summed E-state index contributed by atoms with van der Waals surface area (Å²) < 4.78 is 30.1. The van der Waals surface area contributed by atoms with Crippen LogP contribution in [-0.4, -0.2) is 56.8 Å². The van der Waals surface area contributed by atoms with E-state index in [1.165, 1.54) is 11.5 Å². The fourth-order valence-electron chi connectivity index (χ4n) is 4.78. The first-order valence-electron chi connectivity index (χ1n) is 13.2. The van der Waals surface area contributed by atoms with Crippen LogP contribution in [-0.2, 0) is 18.9 Å². The minimum atomic E-state index is -1.14. The molecular weight excluding hydrogens is 558 g/mol. The number of aryl methyl sites for hydroxylation is 1. The van der Waals surface area contributed by atoms with Crippen LogP contribution in [0.2, 0.25) is 0 Å². The van der Waals surface area contributed by atoms with Crippen LogP contribution in [0, 0.1) is 6.92 Å². The molecule has 0 amide bonds. The lowest BCUT2D eigenvalue weighted by molar-refractivity contribution is -0.0604. The van der Waals surface area contributed by atoms with Crippen LogP contribution >= 0.6 is 11.5 Å². The number of esters is 3. The molecule has 3 aromatic carbocycles. The van der Waals surface area contributed by atoms with Gasteiger partial charge in [-0.1, -0.05) is 54.6 Å². The van der Waals surface area contributed by atoms with Gasteiger partial charge in [0, 0.05) is 0 Å². The number of hydrogen-bond donors (Lipinski definition) is 0. The third kappa shape index (κ3) is 5.52. The molecule has 5 aromatic rings. The van der Waals surface area contributed by atoms with E-state index >= 15 is 0 Å². The molecule has 1 aliphatic heterocycles. The Labute approximate surface area is 244 Å². The summed E-state index contributed by atoms with van der Waals surface area (Å²) in [6.07, 6.45) is -2.64. The number of nitrogens with zero attached hydrogens (tertiary/aromatic N) is 3. The highest BCUT2D eigenvalue weighted by molar-refractivity contribution is 7.12. The number of rotatable bonds is 8. The SMILES string of the molecule is Cc1nsc2ncn([C@@H]3O[C@H](COC(=O)c4ccccc4)[C@@H](OC(=O)c4ccccc4)[C@H]3OC(=O)c3ccccc3)c12. The van der Waals surface area contributed by atoms with Crippen molar-refractivity contribution in [1.29, 1.82) is 0 Å². The molecule has 3 heterocycles. The fourth-order valence-corrected chi connectivity index (χ4v) is 5.53. The Morgan fingerprint density at radius 3 is 1.88 bits per heavy atom. The molecule has 42 heavy (non-hydrogen) atoms. The highest BCUT2D eigenvalue weighted by atomic mass is 32.1. The van der Waals surface area contributed by atoms with Gasteiger partial charge in [0.2, 0.25) is 0 Å². The average molecular weight is 584 g/mol. The first kappa shape index (κ1) is 27.3. The molecular formula is C31H25N3O7S. The van der Waals surface area contributed by atoms with Gasteiger partial charge in [0.25, 0.3) is 0 Å². The molecule has 1 aliphatic rings. The lowest BCUT2D eigenvalue weighted by atomic mass is 10.1. The summed E-state index contributed by atoms with van der Waals surface area (Å²) in [4.78, 5) is 44.5. The van der Waals surface area contributed by atoms with Gasteiger partial charge in [-0.2, -0.15) is 4.37 Å². The minimum Gasteiger partial charge on any atom is -0.459 e. The predicted octanol–water partition coefficient (Wildman–Crippen LogP) is 5.01. The Kier molecular flexibility index (Phi) is 7.76. The Bertz CT molecular complexity index is 1710. The van der Waals surface area contributed by atoms with Crippen LogP contribution in [0.15, 0.2) is 97.3 Å². The van der Waals surface area contributed by atoms with E-state index in [-0.39, 0.29) is 6.61 Å². The molecule has 0 saturated carbocycles. The number of ether oxygens (including phenoxy) is 4. The molecule has 0 radical (unpaired) electrons. The van der Waals surface area contributed by atoms with Crippen molar-refractivity contribution >= 4 is 39.8 Å². The van der Waals surface area contributed by atoms with Crippen molar-refractivity contribution in [2.24, 2.45) is 0 Å². The quantitative estimate of drug-likeness (QED) is 0.183. The zero-order valence-electron chi connectivity index (χ0n) is 22.4. The first-order valence-corrected chi connectivity index (χ1v) is 14.0. The number of imidazole rings is 1. The predicted molar refractivity (Wildman–Crippen MR) is 152 cm³/mol. The molecule has 0 spiro atoms. The smallest absolute Gasteiger partial charge is 0.338 e. The molecule has 212 valence electrons. The lowest BCUT2D eigenvalue weighted by Crippen LogP contribution is -2.41. The second-order valence-corrected chi connectivity index (χ2v) is 10.3. The van der Waals surface area contributed by atoms with Gasteiger partial charge in [0.1, 0.15) is 18.2 Å². The molecule has 11 heteroatoms. The normalized spacial score (nSPS) is 19.8. The van der Waals surface area contributed by atoms with E-state index in [1.54, 1.807) is 102 Å². The topological polar surface area (TPSA) is 119 Å². The van der Waals surface area contributed by atoms with Crippen LogP contribution in [0.1, 0.15) is 43.0 Å². The number of fused-ring (bicyclic) bond motifs is 1. The van der Waals surface area contributed by atoms with Gasteiger partial charge >= 0.3 is 17.9 Å². The third-order valence-corrected chi connectivity index (χ3v) is 7.66. The Balaban J connectivity index is 1.36. The number of hydrogen-bond acceptors (Lipinski definition) is 10. The summed E-state index contributed by atoms with van der Waals surface area (Å²) in [5.41, 5.74) is 2.37. The molecule has 6 rings (SSSR count). The summed E-state index contributed by atoms with van der Waals surface area (Å²) >= 11 is 1.23. The molecule has 2 aromatic heterocycles. The Morgan fingerprint density at radius 1 is 0.786 bits per heavy atom. The van der Waals surface area contributed by atoms with Crippen molar-refractivity contribution in [3.63, 3.8) is 0 Å². The van der Waals surface area contributed by atoms with Gasteiger partial charge < -0.3 is 18.9 Å². The molecule has 1 fully saturated rings. The van der Waals surface area contributed by atoms with Crippen molar-refractivity contribution in [2.75, 3.05) is 6.61 Å². The highest BCUT2D eigenvalue weighted by Crippen LogP contribution is 2.38. The van der Waals surface area contributed by atoms with Gasteiger partial charge in [-0.25, -0.2) is 19.4 Å². The summed E-state index contributed by atoms with van der Waals surface area (Å²) in [5, 5.41) is 0. The van der Waals surface area contributed by atoms with E-state index in [0.29, 0.717) is 32.7 Å². The maximum Gasteiger partial charge on any atom is 0.338 e. The molecule has 0 aliphatic carbocycles.